The molecule has 0 aliphatic rings. The summed E-state index contributed by atoms with van der Waals surface area (Å²) in [6, 6.07) is 20.7. The lowest BCUT2D eigenvalue weighted by molar-refractivity contribution is 0.101. The molecule has 4 aromatic rings. The zero-order valence-electron chi connectivity index (χ0n) is 16.5. The number of halogens is 2. The molecule has 4 rings (SSSR count). The molecule has 156 valence electrons. The normalized spacial score (nSPS) is 10.6. The van der Waals surface area contributed by atoms with Crippen LogP contribution in [-0.2, 0) is 13.2 Å². The second-order valence-corrected chi connectivity index (χ2v) is 6.86. The summed E-state index contributed by atoms with van der Waals surface area (Å²) in [5.74, 6) is -1.99. The lowest BCUT2D eigenvalue weighted by Gasteiger charge is -2.11. The highest BCUT2D eigenvalue weighted by Crippen LogP contribution is 2.21. The Bertz CT molecular complexity index is 1170. The quantitative estimate of drug-likeness (QED) is 0.457. The molecule has 5 nitrogen and oxygen atoms in total. The van der Waals surface area contributed by atoms with Gasteiger partial charge in [-0.25, -0.2) is 8.78 Å². The van der Waals surface area contributed by atoms with E-state index in [-0.39, 0.29) is 0 Å². The molecule has 0 unspecified atom stereocenters. The smallest absolute Gasteiger partial charge is 0.261 e. The summed E-state index contributed by atoms with van der Waals surface area (Å²) in [4.78, 5) is 12.2. The molecule has 1 N–H and O–H groups in total. The molecular weight excluding hydrogens is 400 g/mol. The number of ether oxygens (including phenoxy) is 1. The highest BCUT2D eigenvalue weighted by atomic mass is 19.1. The molecule has 0 saturated carbocycles. The number of aromatic nitrogens is 2. The van der Waals surface area contributed by atoms with Gasteiger partial charge in [-0.15, -0.1) is 0 Å². The Morgan fingerprint density at radius 3 is 2.42 bits per heavy atom. The van der Waals surface area contributed by atoms with Gasteiger partial charge in [-0.05, 0) is 23.8 Å². The first-order valence-electron chi connectivity index (χ1n) is 9.62. The van der Waals surface area contributed by atoms with Crippen molar-refractivity contribution in [3.8, 4) is 5.75 Å². The number of amides is 1. The Kier molecular flexibility index (Phi) is 6.03. The van der Waals surface area contributed by atoms with Crippen LogP contribution in [0.15, 0.2) is 85.2 Å². The summed E-state index contributed by atoms with van der Waals surface area (Å²) < 4.78 is 35.2. The average Bonchev–Trinajstić information content (AvgIpc) is 3.20. The first kappa shape index (κ1) is 20.3. The Hall–Kier alpha value is -4.00. The van der Waals surface area contributed by atoms with Crippen LogP contribution >= 0.6 is 0 Å². The lowest BCUT2D eigenvalue weighted by Crippen LogP contribution is -2.15. The van der Waals surface area contributed by atoms with Crippen molar-refractivity contribution in [3.05, 3.63) is 114 Å². The Morgan fingerprint density at radius 2 is 1.65 bits per heavy atom. The first-order valence-corrected chi connectivity index (χ1v) is 9.62. The minimum absolute atomic E-state index is 0.329. The number of hydrogen-bond donors (Lipinski definition) is 1. The number of benzene rings is 3. The Labute approximate surface area is 177 Å². The summed E-state index contributed by atoms with van der Waals surface area (Å²) in [7, 11) is 0. The van der Waals surface area contributed by atoms with Crippen LogP contribution in [0.25, 0.3) is 0 Å². The highest BCUT2D eigenvalue weighted by molar-refractivity contribution is 6.04. The molecule has 1 amide bonds. The molecule has 0 aliphatic heterocycles. The summed E-state index contributed by atoms with van der Waals surface area (Å²) in [5.41, 5.74) is 1.66. The molecule has 1 heterocycles. The van der Waals surface area contributed by atoms with Crippen LogP contribution in [0.1, 0.15) is 21.5 Å². The van der Waals surface area contributed by atoms with Gasteiger partial charge in [0.1, 0.15) is 29.6 Å². The van der Waals surface area contributed by atoms with Crippen LogP contribution in [0.4, 0.5) is 14.5 Å². The van der Waals surface area contributed by atoms with E-state index in [0.29, 0.717) is 18.8 Å². The predicted molar refractivity (Wildman–Crippen MR) is 113 cm³/mol. The van der Waals surface area contributed by atoms with Crippen molar-refractivity contribution in [2.75, 3.05) is 5.32 Å². The molecule has 0 bridgehead atoms. The van der Waals surface area contributed by atoms with Gasteiger partial charge < -0.3 is 10.1 Å². The van der Waals surface area contributed by atoms with E-state index in [4.69, 9.17) is 4.74 Å². The van der Waals surface area contributed by atoms with Crippen molar-refractivity contribution in [1.29, 1.82) is 0 Å². The fourth-order valence-corrected chi connectivity index (χ4v) is 3.11. The molecule has 7 heteroatoms. The van der Waals surface area contributed by atoms with Crippen molar-refractivity contribution >= 4 is 11.6 Å². The van der Waals surface area contributed by atoms with Gasteiger partial charge in [0, 0.05) is 11.8 Å². The molecule has 0 fully saturated rings. The number of nitrogens with one attached hydrogen (secondary N) is 1. The minimum Gasteiger partial charge on any atom is -0.489 e. The van der Waals surface area contributed by atoms with Crippen LogP contribution in [-0.4, -0.2) is 15.7 Å². The maximum atomic E-state index is 13.8. The topological polar surface area (TPSA) is 56.2 Å². The van der Waals surface area contributed by atoms with E-state index in [1.165, 1.54) is 12.3 Å². The average molecular weight is 419 g/mol. The van der Waals surface area contributed by atoms with Gasteiger partial charge in [-0.1, -0.05) is 54.6 Å². The molecule has 0 saturated heterocycles. The second-order valence-electron chi connectivity index (χ2n) is 6.86. The van der Waals surface area contributed by atoms with Crippen LogP contribution in [0.2, 0.25) is 0 Å². The molecule has 0 atom stereocenters. The number of anilines is 1. The van der Waals surface area contributed by atoms with Gasteiger partial charge in [-0.3, -0.25) is 9.48 Å². The van der Waals surface area contributed by atoms with E-state index in [9.17, 15) is 13.6 Å². The van der Waals surface area contributed by atoms with E-state index in [1.54, 1.807) is 10.9 Å². The zero-order chi connectivity index (χ0) is 21.6. The van der Waals surface area contributed by atoms with Crippen LogP contribution in [0.3, 0.4) is 0 Å². The van der Waals surface area contributed by atoms with E-state index in [2.05, 4.69) is 10.4 Å². The molecule has 1 aromatic heterocycles. The lowest BCUT2D eigenvalue weighted by atomic mass is 10.2. The predicted octanol–water partition coefficient (Wildman–Crippen LogP) is 5.04. The SMILES string of the molecule is O=C(Nc1cnn(Cc2ccccc2OCc2ccccc2)c1)c1c(F)cccc1F. The highest BCUT2D eigenvalue weighted by Gasteiger charge is 2.17. The number of hydrogen-bond acceptors (Lipinski definition) is 3. The summed E-state index contributed by atoms with van der Waals surface area (Å²) in [5, 5.41) is 6.70. The molecular formula is C24H19F2N3O2. The second kappa shape index (κ2) is 9.21. The number of carbonyl (C=O) groups is 1. The van der Waals surface area contributed by atoms with Crippen molar-refractivity contribution in [1.82, 2.24) is 9.78 Å². The molecule has 0 aliphatic carbocycles. The summed E-state index contributed by atoms with van der Waals surface area (Å²) in [6.07, 6.45) is 3.01. The third-order valence-corrected chi connectivity index (χ3v) is 4.62. The van der Waals surface area contributed by atoms with E-state index < -0.39 is 23.1 Å². The molecule has 31 heavy (non-hydrogen) atoms. The number of carbonyl (C=O) groups excluding carboxylic acids is 1. The Morgan fingerprint density at radius 1 is 0.935 bits per heavy atom. The monoisotopic (exact) mass is 419 g/mol. The fourth-order valence-electron chi connectivity index (χ4n) is 3.11. The van der Waals surface area contributed by atoms with E-state index >= 15 is 0 Å². The van der Waals surface area contributed by atoms with Crippen LogP contribution in [0.5, 0.6) is 5.75 Å². The number of nitrogens with zero attached hydrogens (tertiary/aromatic N) is 2. The first-order chi connectivity index (χ1) is 15.1. The van der Waals surface area contributed by atoms with Gasteiger partial charge in [-0.2, -0.15) is 5.10 Å². The van der Waals surface area contributed by atoms with Gasteiger partial charge in [0.25, 0.3) is 5.91 Å². The van der Waals surface area contributed by atoms with Crippen molar-refractivity contribution < 1.29 is 18.3 Å². The van der Waals surface area contributed by atoms with Gasteiger partial charge in [0.2, 0.25) is 0 Å². The van der Waals surface area contributed by atoms with Gasteiger partial charge in [0.15, 0.2) is 0 Å². The van der Waals surface area contributed by atoms with Crippen molar-refractivity contribution in [2.45, 2.75) is 13.2 Å². The summed E-state index contributed by atoms with van der Waals surface area (Å²) in [6.45, 7) is 0.835. The van der Waals surface area contributed by atoms with Crippen LogP contribution in [0, 0.1) is 11.6 Å². The Balaban J connectivity index is 1.44. The van der Waals surface area contributed by atoms with E-state index in [1.807, 2.05) is 54.6 Å². The maximum Gasteiger partial charge on any atom is 0.261 e. The third-order valence-electron chi connectivity index (χ3n) is 4.62. The van der Waals surface area contributed by atoms with E-state index in [0.717, 1.165) is 29.0 Å². The van der Waals surface area contributed by atoms with Crippen LogP contribution < -0.4 is 10.1 Å². The number of para-hydroxylation sites is 1. The zero-order valence-corrected chi connectivity index (χ0v) is 16.5. The summed E-state index contributed by atoms with van der Waals surface area (Å²) >= 11 is 0. The molecule has 3 aromatic carbocycles. The fraction of sp³-hybridized carbons (Fsp3) is 0.0833. The van der Waals surface area contributed by atoms with Crippen molar-refractivity contribution in [3.63, 3.8) is 0 Å². The van der Waals surface area contributed by atoms with Gasteiger partial charge in [0.05, 0.1) is 18.4 Å². The van der Waals surface area contributed by atoms with Gasteiger partial charge >= 0.3 is 0 Å². The van der Waals surface area contributed by atoms with Crippen molar-refractivity contribution in [2.24, 2.45) is 0 Å². The maximum absolute atomic E-state index is 13.8. The molecule has 0 radical (unpaired) electrons. The minimum atomic E-state index is -0.922. The largest absolute Gasteiger partial charge is 0.489 e. The third kappa shape index (κ3) is 4.95. The standard InChI is InChI=1S/C24H19F2N3O2/c25-20-10-6-11-21(26)23(20)24(30)28-19-13-27-29(15-19)14-18-9-4-5-12-22(18)31-16-17-7-2-1-3-8-17/h1-13,15H,14,16H2,(H,28,30). The number of rotatable bonds is 7. The molecule has 0 spiro atoms.